The van der Waals surface area contributed by atoms with Gasteiger partial charge in [0.2, 0.25) is 10.0 Å². The summed E-state index contributed by atoms with van der Waals surface area (Å²) in [6, 6.07) is 6.55. The van der Waals surface area contributed by atoms with Gasteiger partial charge in [0.25, 0.3) is 0 Å². The van der Waals surface area contributed by atoms with E-state index in [1.165, 1.54) is 11.4 Å². The van der Waals surface area contributed by atoms with Crippen molar-refractivity contribution in [1.82, 2.24) is 9.21 Å². The van der Waals surface area contributed by atoms with Gasteiger partial charge in [-0.25, -0.2) is 8.42 Å². The highest BCUT2D eigenvalue weighted by Gasteiger charge is 2.42. The molecule has 1 heterocycles. The first-order chi connectivity index (χ1) is 12.3. The lowest BCUT2D eigenvalue weighted by Gasteiger charge is -2.38. The van der Waals surface area contributed by atoms with Crippen LogP contribution in [0.4, 0.5) is 0 Å². The van der Waals surface area contributed by atoms with Crippen molar-refractivity contribution in [3.8, 4) is 0 Å². The van der Waals surface area contributed by atoms with Gasteiger partial charge < -0.3 is 9.84 Å². The molecule has 9 heteroatoms. The van der Waals surface area contributed by atoms with Gasteiger partial charge in [0, 0.05) is 36.7 Å². The van der Waals surface area contributed by atoms with E-state index < -0.39 is 16.1 Å². The number of methoxy groups -OCH3 is 1. The molecule has 3 atom stereocenters. The van der Waals surface area contributed by atoms with Gasteiger partial charge in [-0.2, -0.15) is 4.31 Å². The number of benzene rings is 1. The van der Waals surface area contributed by atoms with Crippen LogP contribution in [0.3, 0.4) is 0 Å². The largest absolute Gasteiger partial charge is 0.469 e. The molecular formula is C17H23BrN2O5S. The van der Waals surface area contributed by atoms with Crippen LogP contribution in [0.15, 0.2) is 33.6 Å². The average Bonchev–Trinajstić information content (AvgIpc) is 3.03. The van der Waals surface area contributed by atoms with Crippen LogP contribution in [0.1, 0.15) is 12.8 Å². The summed E-state index contributed by atoms with van der Waals surface area (Å²) < 4.78 is 32.6. The Hall–Kier alpha value is -1.00. The predicted molar refractivity (Wildman–Crippen MR) is 99.0 cm³/mol. The number of rotatable bonds is 4. The number of hydrogen-bond donors (Lipinski definition) is 1. The van der Waals surface area contributed by atoms with Gasteiger partial charge in [-0.05, 0) is 31.0 Å². The zero-order chi connectivity index (χ0) is 18.9. The summed E-state index contributed by atoms with van der Waals surface area (Å²) >= 11 is 3.31. The van der Waals surface area contributed by atoms with Crippen LogP contribution in [0.5, 0.6) is 0 Å². The SMILES string of the molecule is COC(=O)[C@H]1C[C@@H](N2CCN(S(=O)(=O)c3cccc(Br)c3)CC2)[C@@H](O)C1. The molecule has 1 saturated heterocycles. The van der Waals surface area contributed by atoms with Crippen LogP contribution in [0.2, 0.25) is 0 Å². The molecule has 7 nitrogen and oxygen atoms in total. The van der Waals surface area contributed by atoms with Gasteiger partial charge in [-0.1, -0.05) is 22.0 Å². The maximum Gasteiger partial charge on any atom is 0.308 e. The van der Waals surface area contributed by atoms with Crippen molar-refractivity contribution < 1.29 is 23.1 Å². The van der Waals surface area contributed by atoms with E-state index in [1.54, 1.807) is 24.3 Å². The molecule has 0 spiro atoms. The first kappa shape index (κ1) is 19.8. The van der Waals surface area contributed by atoms with E-state index in [4.69, 9.17) is 4.74 Å². The third-order valence-corrected chi connectivity index (χ3v) is 7.59. The summed E-state index contributed by atoms with van der Waals surface area (Å²) in [5.74, 6) is -0.578. The number of carbonyl (C=O) groups excluding carboxylic acids is 1. The minimum Gasteiger partial charge on any atom is -0.469 e. The number of ether oxygens (including phenoxy) is 1. The summed E-state index contributed by atoms with van der Waals surface area (Å²) in [6.45, 7) is 1.79. The molecule has 0 bridgehead atoms. The molecule has 0 aromatic heterocycles. The van der Waals surface area contributed by atoms with Crippen molar-refractivity contribution in [2.45, 2.75) is 29.9 Å². The van der Waals surface area contributed by atoms with Crippen molar-refractivity contribution in [2.24, 2.45) is 5.92 Å². The fourth-order valence-corrected chi connectivity index (χ4v) is 5.82. The highest BCUT2D eigenvalue weighted by molar-refractivity contribution is 9.10. The molecule has 2 fully saturated rings. The summed E-state index contributed by atoms with van der Waals surface area (Å²) in [7, 11) is -2.18. The minimum absolute atomic E-state index is 0.130. The molecule has 1 aromatic carbocycles. The Morgan fingerprint density at radius 2 is 1.92 bits per heavy atom. The Morgan fingerprint density at radius 3 is 2.54 bits per heavy atom. The molecule has 26 heavy (non-hydrogen) atoms. The van der Waals surface area contributed by atoms with Crippen molar-refractivity contribution in [1.29, 1.82) is 0 Å². The zero-order valence-corrected chi connectivity index (χ0v) is 16.9. The highest BCUT2D eigenvalue weighted by Crippen LogP contribution is 2.32. The van der Waals surface area contributed by atoms with E-state index >= 15 is 0 Å². The standard InChI is InChI=1S/C17H23BrN2O5S/c1-25-17(22)12-9-15(16(21)10-12)19-5-7-20(8-6-19)26(23,24)14-4-2-3-13(18)11-14/h2-4,11-12,15-16,21H,5-10H2,1H3/t12-,15+,16-/m0/s1. The average molecular weight is 447 g/mol. The van der Waals surface area contributed by atoms with Crippen LogP contribution in [-0.4, -0.2) is 74.1 Å². The molecule has 1 aliphatic heterocycles. The molecule has 0 radical (unpaired) electrons. The lowest BCUT2D eigenvalue weighted by atomic mass is 10.1. The second-order valence-electron chi connectivity index (χ2n) is 6.72. The third-order valence-electron chi connectivity index (χ3n) is 5.21. The van der Waals surface area contributed by atoms with Crippen LogP contribution >= 0.6 is 15.9 Å². The summed E-state index contributed by atoms with van der Waals surface area (Å²) in [6.07, 6.45) is 0.354. The number of piperazine rings is 1. The van der Waals surface area contributed by atoms with E-state index in [0.717, 1.165) is 4.47 Å². The Balaban J connectivity index is 1.63. The lowest BCUT2D eigenvalue weighted by molar-refractivity contribution is -0.145. The Labute approximate surface area is 162 Å². The Bertz CT molecular complexity index is 764. The van der Waals surface area contributed by atoms with E-state index in [-0.39, 0.29) is 22.8 Å². The molecule has 144 valence electrons. The molecule has 1 aliphatic carbocycles. The van der Waals surface area contributed by atoms with Crippen molar-refractivity contribution in [3.63, 3.8) is 0 Å². The van der Waals surface area contributed by atoms with Gasteiger partial charge in [-0.15, -0.1) is 0 Å². The predicted octanol–water partition coefficient (Wildman–Crippen LogP) is 1.07. The molecule has 3 rings (SSSR count). The fourth-order valence-electron chi connectivity index (χ4n) is 3.80. The maximum atomic E-state index is 12.8. The van der Waals surface area contributed by atoms with Crippen LogP contribution in [-0.2, 0) is 19.6 Å². The van der Waals surface area contributed by atoms with Gasteiger partial charge in [-0.3, -0.25) is 9.69 Å². The number of sulfonamides is 1. The van der Waals surface area contributed by atoms with E-state index in [2.05, 4.69) is 20.8 Å². The molecule has 0 amide bonds. The number of hydrogen-bond acceptors (Lipinski definition) is 6. The molecule has 1 N–H and O–H groups in total. The number of aliphatic hydroxyl groups excluding tert-OH is 1. The fraction of sp³-hybridized carbons (Fsp3) is 0.588. The van der Waals surface area contributed by atoms with Gasteiger partial charge in [0.05, 0.1) is 24.0 Å². The van der Waals surface area contributed by atoms with Gasteiger partial charge >= 0.3 is 5.97 Å². The Morgan fingerprint density at radius 1 is 1.23 bits per heavy atom. The topological polar surface area (TPSA) is 87.2 Å². The van der Waals surface area contributed by atoms with E-state index in [1.807, 2.05) is 0 Å². The maximum absolute atomic E-state index is 12.8. The summed E-state index contributed by atoms with van der Waals surface area (Å²) in [5.41, 5.74) is 0. The number of halogens is 1. The molecule has 2 aliphatic rings. The van der Waals surface area contributed by atoms with Crippen molar-refractivity contribution in [3.05, 3.63) is 28.7 Å². The molecule has 1 aromatic rings. The molecule has 0 unspecified atom stereocenters. The number of esters is 1. The minimum atomic E-state index is -3.53. The third kappa shape index (κ3) is 3.96. The summed E-state index contributed by atoms with van der Waals surface area (Å²) in [4.78, 5) is 14.1. The van der Waals surface area contributed by atoms with Gasteiger partial charge in [0.1, 0.15) is 0 Å². The van der Waals surface area contributed by atoms with E-state index in [0.29, 0.717) is 39.0 Å². The van der Waals surface area contributed by atoms with Crippen LogP contribution in [0, 0.1) is 5.92 Å². The second-order valence-corrected chi connectivity index (χ2v) is 9.58. The normalized spacial score (nSPS) is 28.2. The second kappa shape index (κ2) is 7.93. The smallest absolute Gasteiger partial charge is 0.308 e. The quantitative estimate of drug-likeness (QED) is 0.695. The zero-order valence-electron chi connectivity index (χ0n) is 14.5. The first-order valence-corrected chi connectivity index (χ1v) is 10.8. The van der Waals surface area contributed by atoms with E-state index in [9.17, 15) is 18.3 Å². The summed E-state index contributed by atoms with van der Waals surface area (Å²) in [5, 5.41) is 10.3. The van der Waals surface area contributed by atoms with Gasteiger partial charge in [0.15, 0.2) is 0 Å². The van der Waals surface area contributed by atoms with Crippen LogP contribution < -0.4 is 0 Å². The van der Waals surface area contributed by atoms with Crippen molar-refractivity contribution in [2.75, 3.05) is 33.3 Å². The number of nitrogens with zero attached hydrogens (tertiary/aromatic N) is 2. The molecular weight excluding hydrogens is 424 g/mol. The lowest BCUT2D eigenvalue weighted by Crippen LogP contribution is -2.53. The number of carbonyl (C=O) groups is 1. The van der Waals surface area contributed by atoms with Crippen LogP contribution in [0.25, 0.3) is 0 Å². The Kier molecular flexibility index (Phi) is 6.03. The molecule has 1 saturated carbocycles. The number of aliphatic hydroxyl groups is 1. The first-order valence-electron chi connectivity index (χ1n) is 8.58. The monoisotopic (exact) mass is 446 g/mol. The van der Waals surface area contributed by atoms with Crippen molar-refractivity contribution >= 4 is 31.9 Å². The highest BCUT2D eigenvalue weighted by atomic mass is 79.9.